The van der Waals surface area contributed by atoms with E-state index in [-0.39, 0.29) is 18.5 Å². The number of allylic oxidation sites excluding steroid dienone is 2. The third-order valence-electron chi connectivity index (χ3n) is 4.75. The van der Waals surface area contributed by atoms with Crippen molar-refractivity contribution >= 4 is 17.3 Å². The van der Waals surface area contributed by atoms with Gasteiger partial charge in [-0.1, -0.05) is 35.0 Å². The fourth-order valence-corrected chi connectivity index (χ4v) is 3.64. The van der Waals surface area contributed by atoms with Gasteiger partial charge in [-0.05, 0) is 33.3 Å². The van der Waals surface area contributed by atoms with Gasteiger partial charge in [-0.15, -0.1) is 0 Å². The van der Waals surface area contributed by atoms with E-state index in [0.29, 0.717) is 24.0 Å². The van der Waals surface area contributed by atoms with Crippen LogP contribution >= 0.6 is 0 Å². The van der Waals surface area contributed by atoms with E-state index in [1.165, 1.54) is 0 Å². The summed E-state index contributed by atoms with van der Waals surface area (Å²) in [6, 6.07) is 8.08. The summed E-state index contributed by atoms with van der Waals surface area (Å²) < 4.78 is 15.7. The lowest BCUT2D eigenvalue weighted by molar-refractivity contribution is -0.145. The standard InChI is InChI=1S/C21H25N3O4/c1-6-27-21(25)18-14(4)22-13(3)17(20-23-16(11-26-5)28-24-20)19(18)15-9-7-8-12(2)10-15/h7-10,18-19H,6,11H2,1-5H3. The van der Waals surface area contributed by atoms with Crippen LogP contribution < -0.4 is 0 Å². The third kappa shape index (κ3) is 3.89. The average Bonchev–Trinajstić information content (AvgIpc) is 3.09. The van der Waals surface area contributed by atoms with Crippen LogP contribution in [0.5, 0.6) is 0 Å². The Balaban J connectivity index is 2.16. The highest BCUT2D eigenvalue weighted by Crippen LogP contribution is 2.43. The molecule has 2 aromatic rings. The first kappa shape index (κ1) is 19.9. The fraction of sp³-hybridized carbons (Fsp3) is 0.429. The van der Waals surface area contributed by atoms with Crippen molar-refractivity contribution in [1.29, 1.82) is 0 Å². The largest absolute Gasteiger partial charge is 0.465 e. The van der Waals surface area contributed by atoms with E-state index in [1.807, 2.05) is 39.0 Å². The molecule has 2 unspecified atom stereocenters. The zero-order valence-corrected chi connectivity index (χ0v) is 16.9. The number of aryl methyl sites for hydroxylation is 1. The smallest absolute Gasteiger partial charge is 0.315 e. The lowest BCUT2D eigenvalue weighted by atomic mass is 9.75. The lowest BCUT2D eigenvalue weighted by Gasteiger charge is -2.31. The van der Waals surface area contributed by atoms with E-state index >= 15 is 0 Å². The number of aromatic nitrogens is 2. The molecule has 3 rings (SSSR count). The first-order chi connectivity index (χ1) is 13.5. The molecule has 148 valence electrons. The second-order valence-corrected chi connectivity index (χ2v) is 6.82. The van der Waals surface area contributed by atoms with Crippen molar-refractivity contribution in [3.05, 3.63) is 52.8 Å². The molecule has 0 N–H and O–H groups in total. The van der Waals surface area contributed by atoms with Gasteiger partial charge in [0.2, 0.25) is 5.82 Å². The van der Waals surface area contributed by atoms with Crippen molar-refractivity contribution in [2.45, 2.75) is 40.2 Å². The monoisotopic (exact) mass is 383 g/mol. The predicted molar refractivity (Wildman–Crippen MR) is 105 cm³/mol. The molecular weight excluding hydrogens is 358 g/mol. The number of methoxy groups -OCH3 is 1. The highest BCUT2D eigenvalue weighted by atomic mass is 16.5. The van der Waals surface area contributed by atoms with Gasteiger partial charge in [0, 0.05) is 30.0 Å². The normalized spacial score (nSPS) is 19.5. The maximum atomic E-state index is 12.9. The molecular formula is C21H25N3O4. The van der Waals surface area contributed by atoms with Gasteiger partial charge in [0.15, 0.2) is 0 Å². The molecule has 2 heterocycles. The molecule has 0 amide bonds. The number of hydrogen-bond acceptors (Lipinski definition) is 7. The van der Waals surface area contributed by atoms with Crippen molar-refractivity contribution in [1.82, 2.24) is 10.1 Å². The van der Waals surface area contributed by atoms with Crippen LogP contribution in [0, 0.1) is 12.8 Å². The summed E-state index contributed by atoms with van der Waals surface area (Å²) in [6.07, 6.45) is 0. The van der Waals surface area contributed by atoms with Gasteiger partial charge in [0.1, 0.15) is 12.5 Å². The van der Waals surface area contributed by atoms with Crippen molar-refractivity contribution in [2.24, 2.45) is 10.9 Å². The Morgan fingerprint density at radius 3 is 2.71 bits per heavy atom. The summed E-state index contributed by atoms with van der Waals surface area (Å²) >= 11 is 0. The van der Waals surface area contributed by atoms with Crippen molar-refractivity contribution in [3.63, 3.8) is 0 Å². The number of benzene rings is 1. The number of ether oxygens (including phenoxy) is 2. The number of carbonyl (C=O) groups is 1. The zero-order chi connectivity index (χ0) is 20.3. The summed E-state index contributed by atoms with van der Waals surface area (Å²) in [5, 5.41) is 4.13. The summed E-state index contributed by atoms with van der Waals surface area (Å²) in [7, 11) is 1.56. The Labute approximate surface area is 164 Å². The third-order valence-corrected chi connectivity index (χ3v) is 4.75. The number of esters is 1. The second kappa shape index (κ2) is 8.48. The first-order valence-corrected chi connectivity index (χ1v) is 9.27. The van der Waals surface area contributed by atoms with Crippen molar-refractivity contribution in [2.75, 3.05) is 13.7 Å². The molecule has 1 aromatic carbocycles. The lowest BCUT2D eigenvalue weighted by Crippen LogP contribution is -2.34. The van der Waals surface area contributed by atoms with Crippen LogP contribution in [-0.4, -0.2) is 35.5 Å². The van der Waals surface area contributed by atoms with Gasteiger partial charge in [-0.2, -0.15) is 4.98 Å². The maximum absolute atomic E-state index is 12.9. The van der Waals surface area contributed by atoms with E-state index in [2.05, 4.69) is 21.2 Å². The predicted octanol–water partition coefficient (Wildman–Crippen LogP) is 3.69. The molecule has 0 bridgehead atoms. The van der Waals surface area contributed by atoms with Crippen LogP contribution in [0.15, 0.2) is 39.5 Å². The molecule has 0 aliphatic carbocycles. The van der Waals surface area contributed by atoms with Crippen molar-refractivity contribution in [3.8, 4) is 0 Å². The SMILES string of the molecule is CCOC(=O)C1C(C)=NC(C)=C(c2noc(COC)n2)C1c1cccc(C)c1. The second-order valence-electron chi connectivity index (χ2n) is 6.82. The van der Waals surface area contributed by atoms with Crippen LogP contribution in [0.4, 0.5) is 0 Å². The summed E-state index contributed by atoms with van der Waals surface area (Å²) in [4.78, 5) is 21.9. The molecule has 0 radical (unpaired) electrons. The molecule has 7 heteroatoms. The van der Waals surface area contributed by atoms with E-state index in [9.17, 15) is 4.79 Å². The molecule has 0 saturated carbocycles. The number of aliphatic imine (C=N–C) groups is 1. The Hall–Kier alpha value is -2.80. The number of hydrogen-bond donors (Lipinski definition) is 0. The van der Waals surface area contributed by atoms with Crippen LogP contribution in [0.1, 0.15) is 49.5 Å². The summed E-state index contributed by atoms with van der Waals surface area (Å²) in [6.45, 7) is 8.10. The van der Waals surface area contributed by atoms with E-state index < -0.39 is 5.92 Å². The molecule has 0 saturated heterocycles. The van der Waals surface area contributed by atoms with Crippen molar-refractivity contribution < 1.29 is 18.8 Å². The van der Waals surface area contributed by atoms with Crippen LogP contribution in [0.2, 0.25) is 0 Å². The summed E-state index contributed by atoms with van der Waals surface area (Å²) in [5.41, 5.74) is 4.33. The highest BCUT2D eigenvalue weighted by molar-refractivity contribution is 6.06. The topological polar surface area (TPSA) is 86.8 Å². The number of carbonyl (C=O) groups excluding carboxylic acids is 1. The maximum Gasteiger partial charge on any atom is 0.315 e. The summed E-state index contributed by atoms with van der Waals surface area (Å²) in [5.74, 6) is -0.378. The Morgan fingerprint density at radius 2 is 2.04 bits per heavy atom. The minimum Gasteiger partial charge on any atom is -0.465 e. The minimum atomic E-state index is -0.551. The fourth-order valence-electron chi connectivity index (χ4n) is 3.64. The molecule has 1 aliphatic rings. The van der Waals surface area contributed by atoms with Gasteiger partial charge < -0.3 is 14.0 Å². The van der Waals surface area contributed by atoms with E-state index in [4.69, 9.17) is 14.0 Å². The molecule has 2 atom stereocenters. The molecule has 7 nitrogen and oxygen atoms in total. The van der Waals surface area contributed by atoms with Crippen LogP contribution in [-0.2, 0) is 20.9 Å². The number of rotatable bonds is 6. The van der Waals surface area contributed by atoms with E-state index in [1.54, 1.807) is 14.0 Å². The van der Waals surface area contributed by atoms with Gasteiger partial charge >= 0.3 is 5.97 Å². The molecule has 1 aliphatic heterocycles. The van der Waals surface area contributed by atoms with E-state index in [0.717, 1.165) is 22.4 Å². The van der Waals surface area contributed by atoms with Gasteiger partial charge in [-0.3, -0.25) is 9.79 Å². The average molecular weight is 383 g/mol. The quantitative estimate of drug-likeness (QED) is 0.707. The minimum absolute atomic E-state index is 0.220. The zero-order valence-electron chi connectivity index (χ0n) is 16.9. The van der Waals surface area contributed by atoms with Gasteiger partial charge in [0.25, 0.3) is 5.89 Å². The molecule has 0 spiro atoms. The van der Waals surface area contributed by atoms with Gasteiger partial charge in [-0.25, -0.2) is 0 Å². The van der Waals surface area contributed by atoms with Gasteiger partial charge in [0.05, 0.1) is 6.61 Å². The van der Waals surface area contributed by atoms with Crippen LogP contribution in [0.25, 0.3) is 5.57 Å². The Bertz CT molecular complexity index is 929. The Morgan fingerprint density at radius 1 is 1.25 bits per heavy atom. The number of nitrogens with zero attached hydrogens (tertiary/aromatic N) is 3. The van der Waals surface area contributed by atoms with Crippen LogP contribution in [0.3, 0.4) is 0 Å². The molecule has 1 aromatic heterocycles. The molecule has 0 fully saturated rings. The molecule has 28 heavy (non-hydrogen) atoms. The Kier molecular flexibility index (Phi) is 6.04. The first-order valence-electron chi connectivity index (χ1n) is 9.27. The highest BCUT2D eigenvalue weighted by Gasteiger charge is 2.41.